The molecule has 6 heteroatoms. The quantitative estimate of drug-likeness (QED) is 0.867. The monoisotopic (exact) mass is 273 g/mol. The highest BCUT2D eigenvalue weighted by Crippen LogP contribution is 2.32. The van der Waals surface area contributed by atoms with E-state index in [1.807, 2.05) is 12.1 Å². The van der Waals surface area contributed by atoms with Gasteiger partial charge in [0.1, 0.15) is 6.04 Å². The summed E-state index contributed by atoms with van der Waals surface area (Å²) >= 11 is 0. The molecule has 0 radical (unpaired) electrons. The van der Waals surface area contributed by atoms with Crippen molar-refractivity contribution in [2.24, 2.45) is 0 Å². The average Bonchev–Trinajstić information content (AvgIpc) is 2.36. The summed E-state index contributed by atoms with van der Waals surface area (Å²) in [6.45, 7) is 0.534. The lowest BCUT2D eigenvalue weighted by atomic mass is 9.95. The molecule has 1 aliphatic heterocycles. The molecule has 5 nitrogen and oxygen atoms in total. The van der Waals surface area contributed by atoms with Gasteiger partial charge in [0, 0.05) is 6.54 Å². The second kappa shape index (κ2) is 5.93. The van der Waals surface area contributed by atoms with E-state index in [0.717, 1.165) is 11.1 Å². The molecule has 0 saturated carbocycles. The third-order valence-electron chi connectivity index (χ3n) is 2.97. The van der Waals surface area contributed by atoms with Crippen molar-refractivity contribution in [3.8, 4) is 11.5 Å². The van der Waals surface area contributed by atoms with Crippen LogP contribution in [0.25, 0.3) is 0 Å². The predicted molar refractivity (Wildman–Crippen MR) is 68.8 cm³/mol. The first-order valence-electron chi connectivity index (χ1n) is 5.35. The molecule has 0 aliphatic carbocycles. The molecular weight excluding hydrogens is 258 g/mol. The van der Waals surface area contributed by atoms with Crippen molar-refractivity contribution in [3.63, 3.8) is 0 Å². The Balaban J connectivity index is 0.00000162. The Morgan fingerprint density at radius 3 is 2.33 bits per heavy atom. The Labute approximate surface area is 112 Å². The molecule has 1 aliphatic rings. The number of aliphatic carboxylic acids is 1. The summed E-state index contributed by atoms with van der Waals surface area (Å²) in [6.07, 6.45) is 0.463. The minimum atomic E-state index is -0.828. The molecule has 100 valence electrons. The highest BCUT2D eigenvalue weighted by atomic mass is 35.5. The number of carbonyl (C=O) groups is 1. The van der Waals surface area contributed by atoms with Gasteiger partial charge in [0.2, 0.25) is 0 Å². The zero-order valence-corrected chi connectivity index (χ0v) is 11.0. The van der Waals surface area contributed by atoms with E-state index in [0.29, 0.717) is 24.5 Å². The lowest BCUT2D eigenvalue weighted by Gasteiger charge is -2.24. The van der Waals surface area contributed by atoms with Crippen LogP contribution in [0.3, 0.4) is 0 Å². The number of fused-ring (bicyclic) bond motifs is 1. The maximum Gasteiger partial charge on any atom is 0.321 e. The molecule has 2 N–H and O–H groups in total. The van der Waals surface area contributed by atoms with Gasteiger partial charge < -0.3 is 19.9 Å². The van der Waals surface area contributed by atoms with E-state index in [1.54, 1.807) is 14.2 Å². The van der Waals surface area contributed by atoms with Crippen molar-refractivity contribution in [3.05, 3.63) is 23.3 Å². The number of rotatable bonds is 3. The van der Waals surface area contributed by atoms with E-state index in [4.69, 9.17) is 14.6 Å². The molecule has 0 amide bonds. The summed E-state index contributed by atoms with van der Waals surface area (Å²) in [4.78, 5) is 10.9. The van der Waals surface area contributed by atoms with Crippen LogP contribution in [0.5, 0.6) is 11.5 Å². The van der Waals surface area contributed by atoms with Gasteiger partial charge in [-0.1, -0.05) is 0 Å². The second-order valence-electron chi connectivity index (χ2n) is 3.95. The van der Waals surface area contributed by atoms with Gasteiger partial charge in [0.15, 0.2) is 11.5 Å². The van der Waals surface area contributed by atoms with Crippen LogP contribution in [0.2, 0.25) is 0 Å². The molecular formula is C12H16ClNO4. The summed E-state index contributed by atoms with van der Waals surface area (Å²) in [5.74, 6) is 0.476. The van der Waals surface area contributed by atoms with E-state index < -0.39 is 12.0 Å². The molecule has 0 fully saturated rings. The highest BCUT2D eigenvalue weighted by molar-refractivity contribution is 5.85. The molecule has 0 bridgehead atoms. The average molecular weight is 274 g/mol. The molecule has 1 aromatic rings. The number of halogens is 1. The van der Waals surface area contributed by atoms with Gasteiger partial charge in [-0.3, -0.25) is 4.79 Å². The number of hydrogen-bond donors (Lipinski definition) is 2. The van der Waals surface area contributed by atoms with E-state index in [1.165, 1.54) is 0 Å². The molecule has 1 aromatic carbocycles. The van der Waals surface area contributed by atoms with Crippen LogP contribution in [-0.2, 0) is 17.8 Å². The minimum absolute atomic E-state index is 0. The highest BCUT2D eigenvalue weighted by Gasteiger charge is 2.25. The number of nitrogens with one attached hydrogen (secondary N) is 1. The lowest BCUT2D eigenvalue weighted by Crippen LogP contribution is -2.41. The number of hydrogen-bond acceptors (Lipinski definition) is 4. The minimum Gasteiger partial charge on any atom is -0.493 e. The van der Waals surface area contributed by atoms with Crippen molar-refractivity contribution in [2.75, 3.05) is 14.2 Å². The van der Waals surface area contributed by atoms with Gasteiger partial charge in [-0.15, -0.1) is 12.4 Å². The normalized spacial score (nSPS) is 17.3. The number of carboxylic acid groups (broad SMARTS) is 1. The third-order valence-corrected chi connectivity index (χ3v) is 2.97. The Kier molecular flexibility index (Phi) is 4.81. The Hall–Kier alpha value is -1.46. The second-order valence-corrected chi connectivity index (χ2v) is 3.95. The Bertz CT molecular complexity index is 450. The number of ether oxygens (including phenoxy) is 2. The van der Waals surface area contributed by atoms with Crippen LogP contribution < -0.4 is 14.8 Å². The molecule has 0 saturated heterocycles. The van der Waals surface area contributed by atoms with Crippen LogP contribution in [0, 0.1) is 0 Å². The molecule has 2 rings (SSSR count). The first-order valence-corrected chi connectivity index (χ1v) is 5.35. The van der Waals surface area contributed by atoms with Crippen LogP contribution in [0.4, 0.5) is 0 Å². The fourth-order valence-corrected chi connectivity index (χ4v) is 2.02. The van der Waals surface area contributed by atoms with E-state index in [-0.39, 0.29) is 12.4 Å². The van der Waals surface area contributed by atoms with Gasteiger partial charge in [-0.25, -0.2) is 0 Å². The van der Waals surface area contributed by atoms with Crippen molar-refractivity contribution in [1.82, 2.24) is 5.32 Å². The van der Waals surface area contributed by atoms with Gasteiger partial charge in [0.25, 0.3) is 0 Å². The zero-order chi connectivity index (χ0) is 12.4. The molecule has 0 aromatic heterocycles. The SMILES string of the molecule is COc1cc2c(cc1OC)C[C@H](C(=O)O)NC2.Cl. The molecule has 1 heterocycles. The predicted octanol–water partition coefficient (Wildman–Crippen LogP) is 1.22. The fraction of sp³-hybridized carbons (Fsp3) is 0.417. The number of benzene rings is 1. The van der Waals surface area contributed by atoms with E-state index >= 15 is 0 Å². The van der Waals surface area contributed by atoms with Crippen molar-refractivity contribution in [1.29, 1.82) is 0 Å². The molecule has 1 atom stereocenters. The largest absolute Gasteiger partial charge is 0.493 e. The third kappa shape index (κ3) is 2.68. The van der Waals surface area contributed by atoms with Crippen molar-refractivity contribution < 1.29 is 19.4 Å². The van der Waals surface area contributed by atoms with Crippen molar-refractivity contribution >= 4 is 18.4 Å². The Morgan fingerprint density at radius 1 is 1.28 bits per heavy atom. The van der Waals surface area contributed by atoms with Crippen LogP contribution in [-0.4, -0.2) is 31.3 Å². The molecule has 18 heavy (non-hydrogen) atoms. The van der Waals surface area contributed by atoms with Gasteiger partial charge in [-0.05, 0) is 29.7 Å². The molecule has 0 unspecified atom stereocenters. The number of carboxylic acids is 1. The summed E-state index contributed by atoms with van der Waals surface area (Å²) in [5.41, 5.74) is 2.05. The maximum absolute atomic E-state index is 10.9. The number of methoxy groups -OCH3 is 2. The van der Waals surface area contributed by atoms with Crippen LogP contribution in [0.1, 0.15) is 11.1 Å². The maximum atomic E-state index is 10.9. The standard InChI is InChI=1S/C12H15NO4.ClH/c1-16-10-4-7-3-9(12(14)15)13-6-8(7)5-11(10)17-2;/h4-5,9,13H,3,6H2,1-2H3,(H,14,15);1H/t9-;/m1./s1. The summed E-state index contributed by atoms with van der Waals surface area (Å²) in [5, 5.41) is 11.9. The first kappa shape index (κ1) is 14.6. The van der Waals surface area contributed by atoms with Crippen LogP contribution >= 0.6 is 12.4 Å². The van der Waals surface area contributed by atoms with Gasteiger partial charge in [-0.2, -0.15) is 0 Å². The van der Waals surface area contributed by atoms with Crippen LogP contribution in [0.15, 0.2) is 12.1 Å². The topological polar surface area (TPSA) is 67.8 Å². The van der Waals surface area contributed by atoms with Gasteiger partial charge in [0.05, 0.1) is 14.2 Å². The smallest absolute Gasteiger partial charge is 0.321 e. The zero-order valence-electron chi connectivity index (χ0n) is 10.2. The molecule has 0 spiro atoms. The summed E-state index contributed by atoms with van der Waals surface area (Å²) < 4.78 is 10.4. The summed E-state index contributed by atoms with van der Waals surface area (Å²) in [6, 6.07) is 3.21. The Morgan fingerprint density at radius 2 is 1.83 bits per heavy atom. The van der Waals surface area contributed by atoms with E-state index in [9.17, 15) is 4.79 Å². The lowest BCUT2D eigenvalue weighted by molar-refractivity contribution is -0.139. The van der Waals surface area contributed by atoms with Crippen molar-refractivity contribution in [2.45, 2.75) is 19.0 Å². The summed E-state index contributed by atoms with van der Waals surface area (Å²) in [7, 11) is 3.15. The first-order chi connectivity index (χ1) is 8.15. The fourth-order valence-electron chi connectivity index (χ4n) is 2.02. The van der Waals surface area contributed by atoms with Gasteiger partial charge >= 0.3 is 5.97 Å². The van der Waals surface area contributed by atoms with E-state index in [2.05, 4.69) is 5.32 Å².